The maximum atomic E-state index is 12.8. The molecule has 1 aliphatic heterocycles. The highest BCUT2D eigenvalue weighted by Gasteiger charge is 2.27. The fraction of sp³-hybridized carbons (Fsp3) is 0.263. The second kappa shape index (κ2) is 7.75. The van der Waals surface area contributed by atoms with E-state index in [9.17, 15) is 18.0 Å². The molecule has 0 atom stereocenters. The first-order valence-corrected chi connectivity index (χ1v) is 10.7. The minimum absolute atomic E-state index is 0.0248. The SMILES string of the molecule is O=C(Cn1c(=O)oc2cc(S(=O)(=O)N3CCOCC3)ccc21)c1ccc(Cl)cc1. The van der Waals surface area contributed by atoms with Gasteiger partial charge in [-0.25, -0.2) is 13.2 Å². The molecule has 1 fully saturated rings. The number of sulfonamides is 1. The molecule has 3 aromatic rings. The van der Waals surface area contributed by atoms with Crippen LogP contribution in [-0.4, -0.2) is 49.4 Å². The highest BCUT2D eigenvalue weighted by molar-refractivity contribution is 7.89. The van der Waals surface area contributed by atoms with Gasteiger partial charge < -0.3 is 9.15 Å². The van der Waals surface area contributed by atoms with Crippen LogP contribution >= 0.6 is 11.6 Å². The van der Waals surface area contributed by atoms with Crippen LogP contribution in [0, 0.1) is 0 Å². The molecule has 29 heavy (non-hydrogen) atoms. The number of halogens is 1. The summed E-state index contributed by atoms with van der Waals surface area (Å²) in [7, 11) is -3.72. The van der Waals surface area contributed by atoms with Crippen LogP contribution in [0.25, 0.3) is 11.1 Å². The van der Waals surface area contributed by atoms with Crippen LogP contribution in [0.5, 0.6) is 0 Å². The molecule has 1 saturated heterocycles. The summed E-state index contributed by atoms with van der Waals surface area (Å²) in [5, 5.41) is 0.501. The summed E-state index contributed by atoms with van der Waals surface area (Å²) in [6, 6.07) is 10.5. The molecule has 1 aliphatic rings. The monoisotopic (exact) mass is 436 g/mol. The molecule has 0 amide bonds. The Morgan fingerprint density at radius 1 is 1.07 bits per heavy atom. The molecule has 0 bridgehead atoms. The van der Waals surface area contributed by atoms with Gasteiger partial charge in [0.05, 0.1) is 30.2 Å². The van der Waals surface area contributed by atoms with E-state index >= 15 is 0 Å². The lowest BCUT2D eigenvalue weighted by Crippen LogP contribution is -2.40. The lowest BCUT2D eigenvalue weighted by molar-refractivity contribution is 0.0730. The van der Waals surface area contributed by atoms with Gasteiger partial charge in [-0.3, -0.25) is 9.36 Å². The van der Waals surface area contributed by atoms with Crippen molar-refractivity contribution in [1.29, 1.82) is 0 Å². The molecule has 2 aromatic carbocycles. The minimum atomic E-state index is -3.72. The number of hydrogen-bond acceptors (Lipinski definition) is 6. The first-order valence-electron chi connectivity index (χ1n) is 8.86. The molecule has 0 aliphatic carbocycles. The fourth-order valence-corrected chi connectivity index (χ4v) is 4.71. The molecular weight excluding hydrogens is 420 g/mol. The largest absolute Gasteiger partial charge is 0.420 e. The van der Waals surface area contributed by atoms with Crippen molar-refractivity contribution >= 4 is 38.5 Å². The Labute approximate surface area is 171 Å². The summed E-state index contributed by atoms with van der Waals surface area (Å²) >= 11 is 5.83. The molecule has 152 valence electrons. The summed E-state index contributed by atoms with van der Waals surface area (Å²) in [6.45, 7) is 0.963. The zero-order valence-electron chi connectivity index (χ0n) is 15.2. The summed E-state index contributed by atoms with van der Waals surface area (Å²) in [5.74, 6) is -1.03. The van der Waals surface area contributed by atoms with Gasteiger partial charge in [0.1, 0.15) is 0 Å². The van der Waals surface area contributed by atoms with Crippen LogP contribution in [0.2, 0.25) is 5.02 Å². The van der Waals surface area contributed by atoms with Crippen molar-refractivity contribution in [2.24, 2.45) is 0 Å². The van der Waals surface area contributed by atoms with Crippen LogP contribution in [0.3, 0.4) is 0 Å². The standard InChI is InChI=1S/C19H17ClN2O6S/c20-14-3-1-13(2-4-14)17(23)12-22-16-6-5-15(11-18(16)28-19(22)24)29(25,26)21-7-9-27-10-8-21/h1-6,11H,7-10,12H2. The van der Waals surface area contributed by atoms with Crippen LogP contribution in [0.4, 0.5) is 0 Å². The number of carbonyl (C=O) groups excluding carboxylic acids is 1. The van der Waals surface area contributed by atoms with Crippen molar-refractivity contribution in [2.45, 2.75) is 11.4 Å². The molecule has 0 saturated carbocycles. The molecule has 1 aromatic heterocycles. The quantitative estimate of drug-likeness (QED) is 0.568. The van der Waals surface area contributed by atoms with Gasteiger partial charge in [0.15, 0.2) is 11.4 Å². The van der Waals surface area contributed by atoms with Gasteiger partial charge in [-0.05, 0) is 36.4 Å². The molecule has 0 N–H and O–H groups in total. The van der Waals surface area contributed by atoms with E-state index in [1.807, 2.05) is 0 Å². The predicted molar refractivity (Wildman–Crippen MR) is 106 cm³/mol. The molecule has 10 heteroatoms. The van der Waals surface area contributed by atoms with Gasteiger partial charge in [0.2, 0.25) is 10.0 Å². The number of aromatic nitrogens is 1. The second-order valence-electron chi connectivity index (χ2n) is 6.53. The number of ether oxygens (including phenoxy) is 1. The third-order valence-corrected chi connectivity index (χ3v) is 6.86. The second-order valence-corrected chi connectivity index (χ2v) is 8.90. The molecular formula is C19H17ClN2O6S. The summed E-state index contributed by atoms with van der Waals surface area (Å²) in [4.78, 5) is 24.8. The van der Waals surface area contributed by atoms with Crippen molar-refractivity contribution in [3.05, 3.63) is 63.6 Å². The Kier molecular flexibility index (Phi) is 5.30. The van der Waals surface area contributed by atoms with Crippen molar-refractivity contribution in [3.63, 3.8) is 0 Å². The van der Waals surface area contributed by atoms with Gasteiger partial charge in [0.25, 0.3) is 0 Å². The third-order valence-electron chi connectivity index (χ3n) is 4.72. The molecule has 2 heterocycles. The predicted octanol–water partition coefficient (Wildman–Crippen LogP) is 2.15. The topological polar surface area (TPSA) is 98.8 Å². The molecule has 8 nitrogen and oxygen atoms in total. The average Bonchev–Trinajstić information content (AvgIpc) is 3.03. The normalized spacial score (nSPS) is 15.6. The van der Waals surface area contributed by atoms with Gasteiger partial charge in [-0.1, -0.05) is 11.6 Å². The number of carbonyl (C=O) groups is 1. The lowest BCUT2D eigenvalue weighted by atomic mass is 10.1. The minimum Gasteiger partial charge on any atom is -0.408 e. The van der Waals surface area contributed by atoms with Crippen molar-refractivity contribution in [2.75, 3.05) is 26.3 Å². The zero-order chi connectivity index (χ0) is 20.6. The molecule has 0 radical (unpaired) electrons. The first-order chi connectivity index (χ1) is 13.9. The Bertz CT molecular complexity index is 1220. The van der Waals surface area contributed by atoms with E-state index in [2.05, 4.69) is 0 Å². The number of benzene rings is 2. The van der Waals surface area contributed by atoms with Crippen molar-refractivity contribution in [1.82, 2.24) is 8.87 Å². The lowest BCUT2D eigenvalue weighted by Gasteiger charge is -2.25. The van der Waals surface area contributed by atoms with E-state index in [1.54, 1.807) is 24.3 Å². The van der Waals surface area contributed by atoms with Gasteiger partial charge >= 0.3 is 5.76 Å². The van der Waals surface area contributed by atoms with E-state index < -0.39 is 15.8 Å². The zero-order valence-corrected chi connectivity index (χ0v) is 16.8. The Balaban J connectivity index is 1.65. The van der Waals surface area contributed by atoms with Crippen molar-refractivity contribution < 1.29 is 22.4 Å². The number of morpholine rings is 1. The van der Waals surface area contributed by atoms with E-state index in [0.717, 1.165) is 0 Å². The average molecular weight is 437 g/mol. The van der Waals surface area contributed by atoms with E-state index in [1.165, 1.54) is 27.1 Å². The van der Waals surface area contributed by atoms with Gasteiger partial charge in [-0.15, -0.1) is 0 Å². The van der Waals surface area contributed by atoms with Crippen LogP contribution in [-0.2, 0) is 21.3 Å². The summed E-state index contributed by atoms with van der Waals surface area (Å²) in [5.41, 5.74) is 0.855. The molecule has 0 unspecified atom stereocenters. The number of nitrogens with zero attached hydrogens (tertiary/aromatic N) is 2. The van der Waals surface area contributed by atoms with E-state index in [-0.39, 0.29) is 35.9 Å². The maximum absolute atomic E-state index is 12.8. The molecule has 4 rings (SSSR count). The van der Waals surface area contributed by atoms with Crippen molar-refractivity contribution in [3.8, 4) is 0 Å². The van der Waals surface area contributed by atoms with Crippen LogP contribution in [0.1, 0.15) is 10.4 Å². The maximum Gasteiger partial charge on any atom is 0.420 e. The van der Waals surface area contributed by atoms with E-state index in [0.29, 0.717) is 29.3 Å². The Hall–Kier alpha value is -2.46. The third kappa shape index (κ3) is 3.86. The van der Waals surface area contributed by atoms with Crippen LogP contribution < -0.4 is 5.76 Å². The van der Waals surface area contributed by atoms with Gasteiger partial charge in [-0.2, -0.15) is 4.31 Å². The number of oxazole rings is 1. The highest BCUT2D eigenvalue weighted by Crippen LogP contribution is 2.22. The Morgan fingerprint density at radius 3 is 2.45 bits per heavy atom. The fourth-order valence-electron chi connectivity index (χ4n) is 3.16. The highest BCUT2D eigenvalue weighted by atomic mass is 35.5. The summed E-state index contributed by atoms with van der Waals surface area (Å²) < 4.78 is 38.5. The number of hydrogen-bond donors (Lipinski definition) is 0. The molecule has 0 spiro atoms. The smallest absolute Gasteiger partial charge is 0.408 e. The number of rotatable bonds is 5. The first kappa shape index (κ1) is 19.8. The number of ketones is 1. The number of Topliss-reactive ketones (excluding diaryl/α,β-unsaturated/α-hetero) is 1. The van der Waals surface area contributed by atoms with Gasteiger partial charge in [0, 0.05) is 29.7 Å². The van der Waals surface area contributed by atoms with Crippen LogP contribution in [0.15, 0.2) is 56.6 Å². The van der Waals surface area contributed by atoms with E-state index in [4.69, 9.17) is 20.8 Å². The Morgan fingerprint density at radius 2 is 1.76 bits per heavy atom. The summed E-state index contributed by atoms with van der Waals surface area (Å²) in [6.07, 6.45) is 0. The number of fused-ring (bicyclic) bond motifs is 1.